The summed E-state index contributed by atoms with van der Waals surface area (Å²) in [4.78, 5) is 70.9. The molecule has 0 spiro atoms. The lowest BCUT2D eigenvalue weighted by Crippen LogP contribution is -2.59. The van der Waals surface area contributed by atoms with E-state index in [1.165, 1.54) is 28.2 Å². The maximum Gasteiger partial charge on any atom is 0.333 e. The van der Waals surface area contributed by atoms with Gasteiger partial charge in [0.15, 0.2) is 0 Å². The van der Waals surface area contributed by atoms with Crippen LogP contribution in [0.2, 0.25) is 0 Å². The lowest BCUT2D eigenvalue weighted by Gasteiger charge is -2.38. The number of benzene rings is 1. The molecule has 4 heterocycles. The predicted molar refractivity (Wildman–Crippen MR) is 115 cm³/mol. The van der Waals surface area contributed by atoms with Gasteiger partial charge in [0.2, 0.25) is 23.6 Å². The number of hydrogen-bond donors (Lipinski definition) is 0. The Morgan fingerprint density at radius 3 is 2.15 bits per heavy atom. The molecule has 5 rings (SSSR count). The number of fused-ring (bicyclic) bond motifs is 3. The van der Waals surface area contributed by atoms with Crippen molar-refractivity contribution in [3.05, 3.63) is 62.3 Å². The third kappa shape index (κ3) is 2.68. The van der Waals surface area contributed by atoms with Gasteiger partial charge in [-0.15, -0.1) is 0 Å². The van der Waals surface area contributed by atoms with Crippen LogP contribution in [0.3, 0.4) is 0 Å². The van der Waals surface area contributed by atoms with Crippen molar-refractivity contribution in [3.8, 4) is 11.8 Å². The Kier molecular flexibility index (Phi) is 4.28. The van der Waals surface area contributed by atoms with Crippen LogP contribution < -0.4 is 16.0 Å². The Morgan fingerprint density at radius 2 is 1.48 bits per heavy atom. The highest BCUT2D eigenvalue weighted by Crippen LogP contribution is 2.47. The average molecular weight is 449 g/mol. The second-order valence-electron chi connectivity index (χ2n) is 8.13. The number of carbonyl (C=O) groups is 3. The summed E-state index contributed by atoms with van der Waals surface area (Å²) < 4.78 is 7.95. The van der Waals surface area contributed by atoms with Crippen molar-refractivity contribution >= 4 is 28.7 Å². The van der Waals surface area contributed by atoms with Crippen LogP contribution in [0.25, 0.3) is 10.9 Å². The van der Waals surface area contributed by atoms with Gasteiger partial charge in [-0.1, -0.05) is 18.2 Å². The summed E-state index contributed by atoms with van der Waals surface area (Å²) in [5, 5.41) is 0.712. The molecule has 2 aliphatic rings. The highest BCUT2D eigenvalue weighted by molar-refractivity contribution is 6.16. The molecule has 0 bridgehead atoms. The standard InChI is InChI=1S/C22H19N5O6/c1-24-17(28)14(18(29)25(2)21(24)31)13-11-9-10-7-5-6-8-12(10)23-16(11)33-20-15(13)19(30)26(3)22(32)27(20)4/h5-9,13-14H,1-4H3/t13-/m0/s1. The second-order valence-corrected chi connectivity index (χ2v) is 8.13. The molecule has 2 aromatic heterocycles. The van der Waals surface area contributed by atoms with Crippen molar-refractivity contribution in [1.82, 2.24) is 23.9 Å². The largest absolute Gasteiger partial charge is 0.421 e. The van der Waals surface area contributed by atoms with Crippen LogP contribution in [0, 0.1) is 5.92 Å². The van der Waals surface area contributed by atoms with Gasteiger partial charge in [-0.05, 0) is 12.1 Å². The number of barbiturate groups is 1. The number of pyridine rings is 1. The summed E-state index contributed by atoms with van der Waals surface area (Å²) in [5.41, 5.74) is -0.406. The highest BCUT2D eigenvalue weighted by atomic mass is 16.5. The molecule has 0 saturated carbocycles. The van der Waals surface area contributed by atoms with E-state index >= 15 is 0 Å². The summed E-state index contributed by atoms with van der Waals surface area (Å²) >= 11 is 0. The van der Waals surface area contributed by atoms with Gasteiger partial charge in [-0.25, -0.2) is 14.6 Å². The third-order valence-electron chi connectivity index (χ3n) is 6.30. The smallest absolute Gasteiger partial charge is 0.333 e. The molecule has 0 aliphatic carbocycles. The zero-order valence-corrected chi connectivity index (χ0v) is 18.2. The van der Waals surface area contributed by atoms with E-state index in [0.29, 0.717) is 16.5 Å². The molecule has 3 aromatic rings. The normalized spacial score (nSPS) is 18.4. The fourth-order valence-electron chi connectivity index (χ4n) is 4.48. The zero-order chi connectivity index (χ0) is 23.8. The molecule has 1 atom stereocenters. The number of amides is 4. The average Bonchev–Trinajstić information content (AvgIpc) is 2.82. The highest BCUT2D eigenvalue weighted by Gasteiger charge is 2.51. The molecule has 2 aliphatic heterocycles. The number of urea groups is 1. The van der Waals surface area contributed by atoms with Crippen LogP contribution in [0.4, 0.5) is 4.79 Å². The van der Waals surface area contributed by atoms with E-state index in [4.69, 9.17) is 4.74 Å². The molecule has 0 radical (unpaired) electrons. The van der Waals surface area contributed by atoms with E-state index in [9.17, 15) is 24.0 Å². The third-order valence-corrected chi connectivity index (χ3v) is 6.30. The fraction of sp³-hybridized carbons (Fsp3) is 0.273. The fourth-order valence-corrected chi connectivity index (χ4v) is 4.48. The van der Waals surface area contributed by atoms with Crippen LogP contribution in [0.5, 0.6) is 11.8 Å². The minimum Gasteiger partial charge on any atom is -0.421 e. The zero-order valence-electron chi connectivity index (χ0n) is 18.2. The van der Waals surface area contributed by atoms with Gasteiger partial charge >= 0.3 is 11.7 Å². The summed E-state index contributed by atoms with van der Waals surface area (Å²) in [5.74, 6) is -4.06. The Morgan fingerprint density at radius 1 is 0.848 bits per heavy atom. The van der Waals surface area contributed by atoms with Crippen LogP contribution in [-0.2, 0) is 23.7 Å². The quantitative estimate of drug-likeness (QED) is 0.497. The van der Waals surface area contributed by atoms with E-state index in [1.807, 2.05) is 6.07 Å². The number of ether oxygens (including phenoxy) is 1. The molecule has 4 amide bonds. The van der Waals surface area contributed by atoms with E-state index in [-0.39, 0.29) is 17.3 Å². The van der Waals surface area contributed by atoms with E-state index in [2.05, 4.69) is 4.98 Å². The lowest BCUT2D eigenvalue weighted by molar-refractivity contribution is -0.148. The molecule has 11 heteroatoms. The minimum atomic E-state index is -1.42. The number of rotatable bonds is 1. The van der Waals surface area contributed by atoms with Gasteiger partial charge in [-0.2, -0.15) is 0 Å². The summed E-state index contributed by atoms with van der Waals surface area (Å²) in [6.45, 7) is 0. The number of aromatic nitrogens is 3. The molecule has 1 aromatic carbocycles. The first-order valence-electron chi connectivity index (χ1n) is 10.1. The number of nitrogens with zero attached hydrogens (tertiary/aromatic N) is 5. The van der Waals surface area contributed by atoms with Crippen molar-refractivity contribution in [1.29, 1.82) is 0 Å². The Balaban J connectivity index is 1.87. The monoisotopic (exact) mass is 449 g/mol. The summed E-state index contributed by atoms with van der Waals surface area (Å²) in [6.07, 6.45) is 0. The van der Waals surface area contributed by atoms with E-state index < -0.39 is 40.9 Å². The van der Waals surface area contributed by atoms with Crippen molar-refractivity contribution in [2.24, 2.45) is 20.0 Å². The second kappa shape index (κ2) is 6.86. The first kappa shape index (κ1) is 20.6. The van der Waals surface area contributed by atoms with Gasteiger partial charge in [-0.3, -0.25) is 33.3 Å². The lowest BCUT2D eigenvalue weighted by atomic mass is 9.78. The Bertz CT molecular complexity index is 1500. The van der Waals surface area contributed by atoms with Crippen molar-refractivity contribution in [2.45, 2.75) is 5.92 Å². The number of hydrogen-bond acceptors (Lipinski definition) is 7. The number of para-hydroxylation sites is 1. The molecule has 1 saturated heterocycles. The molecule has 1 fully saturated rings. The minimum absolute atomic E-state index is 0.0213. The first-order valence-corrected chi connectivity index (χ1v) is 10.1. The van der Waals surface area contributed by atoms with E-state index in [0.717, 1.165) is 18.9 Å². The topological polar surface area (TPSA) is 124 Å². The molecular weight excluding hydrogens is 430 g/mol. The molecule has 0 unspecified atom stereocenters. The SMILES string of the molecule is CN1C(=O)C([C@@H]2c3cc4ccccc4nc3Oc3c2c(=O)n(C)c(=O)n3C)C(=O)N(C)C1=O. The molecule has 33 heavy (non-hydrogen) atoms. The molecule has 11 nitrogen and oxygen atoms in total. The van der Waals surface area contributed by atoms with Gasteiger partial charge in [0.1, 0.15) is 5.92 Å². The van der Waals surface area contributed by atoms with E-state index in [1.54, 1.807) is 24.3 Å². The molecule has 0 N–H and O–H groups in total. The Labute approximate surface area is 186 Å². The Hall–Kier alpha value is -4.28. The first-order chi connectivity index (χ1) is 15.6. The van der Waals surface area contributed by atoms with Gasteiger partial charge in [0, 0.05) is 45.1 Å². The summed E-state index contributed by atoms with van der Waals surface area (Å²) in [7, 11) is 5.29. The number of carbonyl (C=O) groups excluding carboxylic acids is 3. The predicted octanol–water partition coefficient (Wildman–Crippen LogP) is 0.536. The van der Waals surface area contributed by atoms with Gasteiger partial charge in [0.25, 0.3) is 5.56 Å². The number of imide groups is 2. The van der Waals surface area contributed by atoms with Crippen molar-refractivity contribution in [3.63, 3.8) is 0 Å². The van der Waals surface area contributed by atoms with Crippen molar-refractivity contribution < 1.29 is 19.1 Å². The maximum absolute atomic E-state index is 13.3. The van der Waals surface area contributed by atoms with Crippen LogP contribution in [-0.4, -0.2) is 55.9 Å². The van der Waals surface area contributed by atoms with Crippen LogP contribution in [0.1, 0.15) is 17.0 Å². The maximum atomic E-state index is 13.3. The van der Waals surface area contributed by atoms with Gasteiger partial charge in [0.05, 0.1) is 11.1 Å². The molecule has 168 valence electrons. The van der Waals surface area contributed by atoms with Crippen molar-refractivity contribution in [2.75, 3.05) is 14.1 Å². The van der Waals surface area contributed by atoms with Crippen LogP contribution >= 0.6 is 0 Å². The summed E-state index contributed by atoms with van der Waals surface area (Å²) in [6, 6.07) is 8.13. The molecular formula is C22H19N5O6. The van der Waals surface area contributed by atoms with Crippen LogP contribution in [0.15, 0.2) is 39.9 Å². The van der Waals surface area contributed by atoms with Gasteiger partial charge < -0.3 is 4.74 Å².